The zero-order valence-corrected chi connectivity index (χ0v) is 18.7. The molecule has 0 aromatic heterocycles. The summed E-state index contributed by atoms with van der Waals surface area (Å²) < 4.78 is 46.9. The normalized spacial score (nSPS) is 20.4. The lowest BCUT2D eigenvalue weighted by molar-refractivity contribution is -0.274. The molecule has 0 bridgehead atoms. The maximum Gasteiger partial charge on any atom is 0.573 e. The van der Waals surface area contributed by atoms with Crippen LogP contribution in [0.4, 0.5) is 13.2 Å². The number of methoxy groups -OCH3 is 1. The zero-order valence-electron chi connectivity index (χ0n) is 17.1. The average molecular weight is 497 g/mol. The fourth-order valence-electron chi connectivity index (χ4n) is 3.67. The highest BCUT2D eigenvalue weighted by Gasteiger charge is 2.34. The van der Waals surface area contributed by atoms with Crippen LogP contribution in [0, 0.1) is 5.92 Å². The molecule has 3 N–H and O–H groups in total. The largest absolute Gasteiger partial charge is 0.573 e. The van der Waals surface area contributed by atoms with E-state index in [1.54, 1.807) is 0 Å². The second-order valence-electron chi connectivity index (χ2n) is 7.08. The molecule has 0 saturated carbocycles. The van der Waals surface area contributed by atoms with Crippen molar-refractivity contribution in [2.75, 3.05) is 13.7 Å². The van der Waals surface area contributed by atoms with Crippen molar-refractivity contribution in [2.24, 2.45) is 5.92 Å². The maximum absolute atomic E-state index is 12.6. The smallest absolute Gasteiger partial charge is 0.496 e. The SMILES string of the molecule is COc1ccc(OC(F)(F)F)cc1CN[C@H]1C[C@@H](C(=O)O)CN[C@H]1c1ccccc1.Cl.Cl. The third-order valence-corrected chi connectivity index (χ3v) is 5.07. The van der Waals surface area contributed by atoms with Gasteiger partial charge in [-0.1, -0.05) is 30.3 Å². The van der Waals surface area contributed by atoms with Crippen molar-refractivity contribution < 1.29 is 32.5 Å². The first-order valence-corrected chi connectivity index (χ1v) is 9.44. The van der Waals surface area contributed by atoms with E-state index in [1.807, 2.05) is 30.3 Å². The fraction of sp³-hybridized carbons (Fsp3) is 0.381. The van der Waals surface area contributed by atoms with E-state index in [0.29, 0.717) is 24.3 Å². The van der Waals surface area contributed by atoms with Crippen LogP contribution in [0.15, 0.2) is 48.5 Å². The van der Waals surface area contributed by atoms with Gasteiger partial charge in [0.25, 0.3) is 0 Å². The molecule has 1 heterocycles. The van der Waals surface area contributed by atoms with Crippen LogP contribution in [0.5, 0.6) is 11.5 Å². The first-order chi connectivity index (χ1) is 14.3. The van der Waals surface area contributed by atoms with Crippen molar-refractivity contribution in [2.45, 2.75) is 31.4 Å². The lowest BCUT2D eigenvalue weighted by Crippen LogP contribution is -2.50. The quantitative estimate of drug-likeness (QED) is 0.529. The topological polar surface area (TPSA) is 79.8 Å². The highest BCUT2D eigenvalue weighted by atomic mass is 35.5. The molecule has 6 nitrogen and oxygen atoms in total. The number of carboxylic acid groups (broad SMARTS) is 1. The van der Waals surface area contributed by atoms with Crippen LogP contribution in [0.1, 0.15) is 23.6 Å². The van der Waals surface area contributed by atoms with Crippen LogP contribution < -0.4 is 20.1 Å². The summed E-state index contributed by atoms with van der Waals surface area (Å²) >= 11 is 0. The number of rotatable bonds is 7. The number of halogens is 5. The molecule has 3 rings (SSSR count). The number of carbonyl (C=O) groups is 1. The van der Waals surface area contributed by atoms with Gasteiger partial charge < -0.3 is 25.2 Å². The number of hydrogen-bond donors (Lipinski definition) is 3. The molecule has 1 fully saturated rings. The Labute approximate surface area is 196 Å². The summed E-state index contributed by atoms with van der Waals surface area (Å²) in [5.74, 6) is -1.39. The standard InChI is InChI=1S/C21H23F3N2O4.2ClH/c1-29-18-8-7-16(30-21(22,23)24)9-14(18)11-25-17-10-15(20(27)28)12-26-19(17)13-5-3-2-4-6-13;;/h2-9,15,17,19,25-26H,10-12H2,1H3,(H,27,28);2*1H/t15-,17+,19+;;/m1../s1. The molecule has 0 amide bonds. The first kappa shape index (κ1) is 27.8. The summed E-state index contributed by atoms with van der Waals surface area (Å²) in [6.07, 6.45) is -4.41. The van der Waals surface area contributed by atoms with Crippen LogP contribution in [0.3, 0.4) is 0 Å². The summed E-state index contributed by atoms with van der Waals surface area (Å²) in [6, 6.07) is 13.1. The minimum Gasteiger partial charge on any atom is -0.496 e. The molecule has 32 heavy (non-hydrogen) atoms. The van der Waals surface area contributed by atoms with Crippen LogP contribution >= 0.6 is 24.8 Å². The number of piperidine rings is 1. The molecule has 2 aromatic carbocycles. The maximum atomic E-state index is 12.6. The molecule has 0 spiro atoms. The van der Waals surface area contributed by atoms with Crippen molar-refractivity contribution >= 4 is 30.8 Å². The molecule has 3 atom stereocenters. The molecule has 178 valence electrons. The molecule has 2 aromatic rings. The van der Waals surface area contributed by atoms with E-state index in [4.69, 9.17) is 4.74 Å². The Hall–Kier alpha value is -2.20. The molecule has 0 aliphatic carbocycles. The lowest BCUT2D eigenvalue weighted by Gasteiger charge is -2.36. The molecular formula is C21H25Cl2F3N2O4. The second kappa shape index (κ2) is 12.2. The number of benzene rings is 2. The highest BCUT2D eigenvalue weighted by molar-refractivity contribution is 5.85. The van der Waals surface area contributed by atoms with Crippen molar-refractivity contribution in [3.8, 4) is 11.5 Å². The van der Waals surface area contributed by atoms with Gasteiger partial charge in [0, 0.05) is 30.7 Å². The molecule has 1 aliphatic heterocycles. The zero-order chi connectivity index (χ0) is 21.7. The van der Waals surface area contributed by atoms with E-state index in [-0.39, 0.29) is 49.2 Å². The molecule has 11 heteroatoms. The van der Waals surface area contributed by atoms with Gasteiger partial charge in [-0.05, 0) is 30.2 Å². The monoisotopic (exact) mass is 496 g/mol. The van der Waals surface area contributed by atoms with E-state index < -0.39 is 18.2 Å². The summed E-state index contributed by atoms with van der Waals surface area (Å²) in [5.41, 5.74) is 1.48. The van der Waals surface area contributed by atoms with Gasteiger partial charge in [0.2, 0.25) is 0 Å². The van der Waals surface area contributed by atoms with Crippen LogP contribution in [0.2, 0.25) is 0 Å². The summed E-state index contributed by atoms with van der Waals surface area (Å²) in [6.45, 7) is 0.519. The van der Waals surface area contributed by atoms with Gasteiger partial charge in [-0.25, -0.2) is 0 Å². The minimum atomic E-state index is -4.79. The van der Waals surface area contributed by atoms with Gasteiger partial charge in [0.05, 0.1) is 13.0 Å². The van der Waals surface area contributed by atoms with Crippen molar-refractivity contribution in [1.29, 1.82) is 0 Å². The Bertz CT molecular complexity index is 872. The third-order valence-electron chi connectivity index (χ3n) is 5.07. The van der Waals surface area contributed by atoms with Gasteiger partial charge in [-0.3, -0.25) is 4.79 Å². The van der Waals surface area contributed by atoms with Crippen LogP contribution in [-0.2, 0) is 11.3 Å². The highest BCUT2D eigenvalue weighted by Crippen LogP contribution is 2.30. The number of carboxylic acids is 1. The van der Waals surface area contributed by atoms with E-state index in [0.717, 1.165) is 5.56 Å². The Balaban J connectivity index is 0.00000256. The van der Waals surface area contributed by atoms with Crippen molar-refractivity contribution in [3.63, 3.8) is 0 Å². The van der Waals surface area contributed by atoms with Crippen LogP contribution in [0.25, 0.3) is 0 Å². The van der Waals surface area contributed by atoms with E-state index in [9.17, 15) is 23.1 Å². The lowest BCUT2D eigenvalue weighted by atomic mass is 9.86. The van der Waals surface area contributed by atoms with E-state index in [1.165, 1.54) is 25.3 Å². The Morgan fingerprint density at radius 1 is 1.19 bits per heavy atom. The van der Waals surface area contributed by atoms with Gasteiger partial charge in [0.1, 0.15) is 11.5 Å². The van der Waals surface area contributed by atoms with Crippen molar-refractivity contribution in [3.05, 3.63) is 59.7 Å². The van der Waals surface area contributed by atoms with Gasteiger partial charge in [-0.15, -0.1) is 38.0 Å². The van der Waals surface area contributed by atoms with E-state index >= 15 is 0 Å². The van der Waals surface area contributed by atoms with Gasteiger partial charge in [-0.2, -0.15) is 0 Å². The molecule has 1 aliphatic rings. The first-order valence-electron chi connectivity index (χ1n) is 9.44. The minimum absolute atomic E-state index is 0. The van der Waals surface area contributed by atoms with E-state index in [2.05, 4.69) is 15.4 Å². The number of aliphatic carboxylic acids is 1. The molecule has 0 unspecified atom stereocenters. The van der Waals surface area contributed by atoms with Crippen LogP contribution in [-0.4, -0.2) is 37.1 Å². The van der Waals surface area contributed by atoms with Crippen molar-refractivity contribution in [1.82, 2.24) is 10.6 Å². The summed E-state index contributed by atoms with van der Waals surface area (Å²) in [5, 5.41) is 16.0. The Morgan fingerprint density at radius 2 is 1.88 bits per heavy atom. The fourth-order valence-corrected chi connectivity index (χ4v) is 3.67. The average Bonchev–Trinajstić information content (AvgIpc) is 2.71. The predicted molar refractivity (Wildman–Crippen MR) is 118 cm³/mol. The molecular weight excluding hydrogens is 472 g/mol. The number of alkyl halides is 3. The predicted octanol–water partition coefficient (Wildman–Crippen LogP) is 4.33. The summed E-state index contributed by atoms with van der Waals surface area (Å²) in [4.78, 5) is 11.5. The Morgan fingerprint density at radius 3 is 2.47 bits per heavy atom. The van der Waals surface area contributed by atoms with Gasteiger partial charge >= 0.3 is 12.3 Å². The number of hydrogen-bond acceptors (Lipinski definition) is 5. The molecule has 1 saturated heterocycles. The number of ether oxygens (including phenoxy) is 2. The van der Waals surface area contributed by atoms with Gasteiger partial charge in [0.15, 0.2) is 0 Å². The summed E-state index contributed by atoms with van der Waals surface area (Å²) in [7, 11) is 1.43. The third kappa shape index (κ3) is 7.44. The second-order valence-corrected chi connectivity index (χ2v) is 7.08. The number of nitrogens with one attached hydrogen (secondary N) is 2. The Kier molecular flexibility index (Phi) is 10.6. The molecule has 0 radical (unpaired) electrons.